The second kappa shape index (κ2) is 4.26. The van der Waals surface area contributed by atoms with Gasteiger partial charge in [-0.3, -0.25) is 5.10 Å². The summed E-state index contributed by atoms with van der Waals surface area (Å²) >= 11 is 3.34. The van der Waals surface area contributed by atoms with Crippen LogP contribution >= 0.6 is 15.9 Å². The van der Waals surface area contributed by atoms with E-state index in [1.165, 1.54) is 6.33 Å². The zero-order chi connectivity index (χ0) is 10.7. The van der Waals surface area contributed by atoms with Crippen LogP contribution in [0, 0.1) is 0 Å². The molecule has 7 heteroatoms. The van der Waals surface area contributed by atoms with Crippen molar-refractivity contribution in [3.63, 3.8) is 0 Å². The summed E-state index contributed by atoms with van der Waals surface area (Å²) in [6.07, 6.45) is 4.83. The minimum absolute atomic E-state index is 0.563. The fraction of sp³-hybridized carbons (Fsp3) is 0.125. The fourth-order valence-corrected chi connectivity index (χ4v) is 1.44. The van der Waals surface area contributed by atoms with Crippen molar-refractivity contribution in [3.8, 4) is 0 Å². The van der Waals surface area contributed by atoms with Gasteiger partial charge in [0.25, 0.3) is 0 Å². The van der Waals surface area contributed by atoms with Crippen LogP contribution in [0.3, 0.4) is 0 Å². The molecular formula is C8H9BrN6. The molecule has 0 saturated heterocycles. The van der Waals surface area contributed by atoms with Gasteiger partial charge in [-0.05, 0) is 15.9 Å². The molecule has 0 aliphatic carbocycles. The number of rotatable bonds is 3. The van der Waals surface area contributed by atoms with Crippen LogP contribution in [0.15, 0.2) is 23.2 Å². The Hall–Kier alpha value is -1.63. The number of aromatic nitrogens is 4. The lowest BCUT2D eigenvalue weighted by Gasteiger charge is -2.05. The maximum absolute atomic E-state index is 5.64. The Labute approximate surface area is 94.4 Å². The fourth-order valence-electron chi connectivity index (χ4n) is 1.08. The third-order valence-corrected chi connectivity index (χ3v) is 2.45. The third-order valence-electron chi connectivity index (χ3n) is 1.87. The van der Waals surface area contributed by atoms with Crippen molar-refractivity contribution in [1.82, 2.24) is 20.2 Å². The third kappa shape index (κ3) is 2.24. The normalized spacial score (nSPS) is 10.2. The van der Waals surface area contributed by atoms with Gasteiger partial charge in [0.15, 0.2) is 0 Å². The minimum Gasteiger partial charge on any atom is -0.384 e. The van der Waals surface area contributed by atoms with Gasteiger partial charge in [-0.25, -0.2) is 9.97 Å². The number of anilines is 2. The summed E-state index contributed by atoms with van der Waals surface area (Å²) in [5, 5.41) is 9.60. The minimum atomic E-state index is 0.563. The molecule has 78 valence electrons. The molecule has 0 unspecified atom stereocenters. The van der Waals surface area contributed by atoms with E-state index in [4.69, 9.17) is 5.73 Å². The van der Waals surface area contributed by atoms with Crippen LogP contribution in [0.2, 0.25) is 0 Å². The lowest BCUT2D eigenvalue weighted by molar-refractivity contribution is 1.07. The highest BCUT2D eigenvalue weighted by Gasteiger charge is 2.03. The Morgan fingerprint density at radius 2 is 2.33 bits per heavy atom. The number of nitrogens with two attached hydrogens (primary N) is 1. The summed E-state index contributed by atoms with van der Waals surface area (Å²) in [5.74, 6) is 1.29. The quantitative estimate of drug-likeness (QED) is 0.777. The maximum Gasteiger partial charge on any atom is 0.144 e. The van der Waals surface area contributed by atoms with Crippen LogP contribution in [0.5, 0.6) is 0 Å². The average molecular weight is 269 g/mol. The molecule has 0 bridgehead atoms. The molecule has 0 aliphatic rings. The highest BCUT2D eigenvalue weighted by molar-refractivity contribution is 9.10. The molecule has 0 aromatic carbocycles. The number of nitrogen functional groups attached to an aromatic ring is 1. The number of nitrogens with one attached hydrogen (secondary N) is 2. The summed E-state index contributed by atoms with van der Waals surface area (Å²) in [6.45, 7) is 0.567. The standard InChI is InChI=1S/C8H9BrN6/c9-6-3-11-4-13-8(6)12-1-5-2-14-15-7(5)10/h2-4H,1H2,(H3,10,14,15)(H,11,12,13). The summed E-state index contributed by atoms with van der Waals surface area (Å²) in [7, 11) is 0. The highest BCUT2D eigenvalue weighted by Crippen LogP contribution is 2.18. The van der Waals surface area contributed by atoms with Gasteiger partial charge in [0.2, 0.25) is 0 Å². The number of nitrogens with zero attached hydrogens (tertiary/aromatic N) is 3. The SMILES string of the molecule is Nc1[nH]ncc1CNc1ncncc1Br. The van der Waals surface area contributed by atoms with Crippen LogP contribution in [0.25, 0.3) is 0 Å². The molecule has 2 rings (SSSR count). The van der Waals surface area contributed by atoms with E-state index in [1.54, 1.807) is 12.4 Å². The summed E-state index contributed by atoms with van der Waals surface area (Å²) in [5.41, 5.74) is 6.54. The Bertz CT molecular complexity index is 454. The lowest BCUT2D eigenvalue weighted by atomic mass is 10.3. The van der Waals surface area contributed by atoms with Crippen molar-refractivity contribution >= 4 is 27.6 Å². The van der Waals surface area contributed by atoms with E-state index < -0.39 is 0 Å². The molecule has 0 atom stereocenters. The molecule has 0 saturated carbocycles. The van der Waals surface area contributed by atoms with Crippen molar-refractivity contribution < 1.29 is 0 Å². The lowest BCUT2D eigenvalue weighted by Crippen LogP contribution is -2.03. The molecular weight excluding hydrogens is 260 g/mol. The second-order valence-corrected chi connectivity index (χ2v) is 3.74. The monoisotopic (exact) mass is 268 g/mol. The topological polar surface area (TPSA) is 92.5 Å². The van der Waals surface area contributed by atoms with Crippen LogP contribution in [0.4, 0.5) is 11.6 Å². The first kappa shape index (κ1) is 9.91. The van der Waals surface area contributed by atoms with E-state index >= 15 is 0 Å². The van der Waals surface area contributed by atoms with Crippen molar-refractivity contribution in [2.45, 2.75) is 6.54 Å². The van der Waals surface area contributed by atoms with Gasteiger partial charge in [0.05, 0.1) is 10.7 Å². The van der Waals surface area contributed by atoms with Crippen molar-refractivity contribution in [2.75, 3.05) is 11.1 Å². The molecule has 6 nitrogen and oxygen atoms in total. The van der Waals surface area contributed by atoms with E-state index in [1.807, 2.05) is 0 Å². The number of aromatic amines is 1. The molecule has 2 aromatic heterocycles. The highest BCUT2D eigenvalue weighted by atomic mass is 79.9. The zero-order valence-electron chi connectivity index (χ0n) is 7.74. The number of hydrogen-bond donors (Lipinski definition) is 3. The van der Waals surface area contributed by atoms with E-state index in [-0.39, 0.29) is 0 Å². The average Bonchev–Trinajstić information content (AvgIpc) is 2.63. The zero-order valence-corrected chi connectivity index (χ0v) is 9.32. The Morgan fingerprint density at radius 1 is 1.47 bits per heavy atom. The Balaban J connectivity index is 2.06. The number of halogens is 1. The maximum atomic E-state index is 5.64. The molecule has 2 aromatic rings. The molecule has 0 spiro atoms. The van der Waals surface area contributed by atoms with E-state index in [2.05, 4.69) is 41.4 Å². The predicted octanol–water partition coefficient (Wildman–Crippen LogP) is 1.16. The largest absolute Gasteiger partial charge is 0.384 e. The van der Waals surface area contributed by atoms with Crippen molar-refractivity contribution in [2.24, 2.45) is 0 Å². The van der Waals surface area contributed by atoms with Gasteiger partial charge in [-0.2, -0.15) is 5.10 Å². The molecule has 15 heavy (non-hydrogen) atoms. The molecule has 4 N–H and O–H groups in total. The van der Waals surface area contributed by atoms with E-state index in [0.29, 0.717) is 12.4 Å². The Kier molecular flexibility index (Phi) is 2.82. The first-order valence-corrected chi connectivity index (χ1v) is 5.04. The van der Waals surface area contributed by atoms with Crippen LogP contribution in [-0.2, 0) is 6.54 Å². The summed E-state index contributed by atoms with van der Waals surface area (Å²) in [6, 6.07) is 0. The number of hydrogen-bond acceptors (Lipinski definition) is 5. The Morgan fingerprint density at radius 3 is 3.00 bits per heavy atom. The van der Waals surface area contributed by atoms with E-state index in [9.17, 15) is 0 Å². The predicted molar refractivity (Wildman–Crippen MR) is 60.1 cm³/mol. The first-order chi connectivity index (χ1) is 7.27. The summed E-state index contributed by atoms with van der Waals surface area (Å²) in [4.78, 5) is 7.93. The second-order valence-electron chi connectivity index (χ2n) is 2.88. The first-order valence-electron chi connectivity index (χ1n) is 4.24. The smallest absolute Gasteiger partial charge is 0.144 e. The number of H-pyrrole nitrogens is 1. The molecule has 2 heterocycles. The van der Waals surface area contributed by atoms with E-state index in [0.717, 1.165) is 15.9 Å². The van der Waals surface area contributed by atoms with Crippen LogP contribution in [0.1, 0.15) is 5.56 Å². The molecule has 0 amide bonds. The molecule has 0 aliphatic heterocycles. The van der Waals surface area contributed by atoms with Gasteiger partial charge in [-0.15, -0.1) is 0 Å². The molecule has 0 fully saturated rings. The van der Waals surface area contributed by atoms with Gasteiger partial charge < -0.3 is 11.1 Å². The van der Waals surface area contributed by atoms with Crippen LogP contribution in [-0.4, -0.2) is 20.2 Å². The molecule has 0 radical (unpaired) electrons. The summed E-state index contributed by atoms with van der Waals surface area (Å²) < 4.78 is 0.812. The van der Waals surface area contributed by atoms with Gasteiger partial charge >= 0.3 is 0 Å². The van der Waals surface area contributed by atoms with Crippen molar-refractivity contribution in [3.05, 3.63) is 28.8 Å². The van der Waals surface area contributed by atoms with Gasteiger partial charge in [0, 0.05) is 18.3 Å². The van der Waals surface area contributed by atoms with Gasteiger partial charge in [-0.1, -0.05) is 0 Å². The van der Waals surface area contributed by atoms with Crippen molar-refractivity contribution in [1.29, 1.82) is 0 Å². The van der Waals surface area contributed by atoms with Gasteiger partial charge in [0.1, 0.15) is 18.0 Å². The van der Waals surface area contributed by atoms with Crippen LogP contribution < -0.4 is 11.1 Å².